The molecule has 0 atom stereocenters. The number of carbonyl (C=O) groups is 1. The highest BCUT2D eigenvalue weighted by Gasteiger charge is 2.20. The van der Waals surface area contributed by atoms with Gasteiger partial charge in [-0.1, -0.05) is 28.1 Å². The van der Waals surface area contributed by atoms with Crippen LogP contribution in [0.25, 0.3) is 10.9 Å². The normalized spacial score (nSPS) is 10.8. The van der Waals surface area contributed by atoms with Crippen molar-refractivity contribution in [2.24, 2.45) is 0 Å². The minimum atomic E-state index is -0.455. The molecule has 6 heteroatoms. The van der Waals surface area contributed by atoms with Gasteiger partial charge in [0.2, 0.25) is 0 Å². The van der Waals surface area contributed by atoms with Crippen molar-refractivity contribution in [1.82, 2.24) is 4.98 Å². The number of hydrogen-bond donors (Lipinski definition) is 0. The third-order valence-electron chi connectivity index (χ3n) is 3.95. The number of benzene rings is 2. The first-order valence-corrected chi connectivity index (χ1v) is 8.89. The van der Waals surface area contributed by atoms with E-state index in [9.17, 15) is 9.18 Å². The molecule has 26 heavy (non-hydrogen) atoms. The van der Waals surface area contributed by atoms with Crippen molar-refractivity contribution in [3.63, 3.8) is 0 Å². The van der Waals surface area contributed by atoms with Crippen LogP contribution in [0.1, 0.15) is 28.4 Å². The number of fused-ring (bicyclic) bond motifs is 1. The molecule has 1 heterocycles. The number of ether oxygens (including phenoxy) is 2. The third kappa shape index (κ3) is 3.70. The molecule has 4 nitrogen and oxygen atoms in total. The Morgan fingerprint density at radius 1 is 1.19 bits per heavy atom. The second-order valence-corrected chi connectivity index (χ2v) is 6.56. The summed E-state index contributed by atoms with van der Waals surface area (Å²) in [7, 11) is 1.50. The fraction of sp³-hybridized carbons (Fsp3) is 0.200. The van der Waals surface area contributed by atoms with E-state index >= 15 is 0 Å². The van der Waals surface area contributed by atoms with Crippen molar-refractivity contribution < 1.29 is 18.7 Å². The molecule has 2 aromatic carbocycles. The lowest BCUT2D eigenvalue weighted by atomic mass is 10.0. The van der Waals surface area contributed by atoms with Gasteiger partial charge in [0.05, 0.1) is 13.7 Å². The number of carbonyl (C=O) groups excluding carboxylic acids is 1. The summed E-state index contributed by atoms with van der Waals surface area (Å²) in [6, 6.07) is 10.0. The average molecular weight is 418 g/mol. The summed E-state index contributed by atoms with van der Waals surface area (Å²) < 4.78 is 24.3. The van der Waals surface area contributed by atoms with Crippen LogP contribution in [0.3, 0.4) is 0 Å². The summed E-state index contributed by atoms with van der Waals surface area (Å²) in [5.74, 6) is -0.330. The number of esters is 1. The quantitative estimate of drug-likeness (QED) is 0.553. The van der Waals surface area contributed by atoms with E-state index in [0.717, 1.165) is 21.0 Å². The standard InChI is InChI=1S/C20H17BrFNO3/c1-3-26-20(24)16-10-17(21)15-9-13(11-23-18(15)19(16)25-2)8-12-4-6-14(22)7-5-12/h4-7,9-11H,3,8H2,1-2H3. The van der Waals surface area contributed by atoms with Gasteiger partial charge in [-0.15, -0.1) is 0 Å². The second kappa shape index (κ2) is 7.83. The molecule has 0 radical (unpaired) electrons. The van der Waals surface area contributed by atoms with Crippen LogP contribution in [0.2, 0.25) is 0 Å². The molecule has 0 spiro atoms. The average Bonchev–Trinajstić information content (AvgIpc) is 2.64. The molecule has 0 N–H and O–H groups in total. The molecule has 3 rings (SSSR count). The summed E-state index contributed by atoms with van der Waals surface area (Å²) in [5, 5.41) is 0.828. The van der Waals surface area contributed by atoms with Gasteiger partial charge in [0.25, 0.3) is 0 Å². The van der Waals surface area contributed by atoms with E-state index in [0.29, 0.717) is 23.3 Å². The van der Waals surface area contributed by atoms with Crippen molar-refractivity contribution in [2.45, 2.75) is 13.3 Å². The van der Waals surface area contributed by atoms with E-state index in [1.54, 1.807) is 31.3 Å². The number of rotatable bonds is 5. The highest BCUT2D eigenvalue weighted by Crippen LogP contribution is 2.35. The van der Waals surface area contributed by atoms with Crippen LogP contribution in [-0.2, 0) is 11.2 Å². The summed E-state index contributed by atoms with van der Waals surface area (Å²) in [4.78, 5) is 16.7. The Morgan fingerprint density at radius 2 is 1.92 bits per heavy atom. The Bertz CT molecular complexity index is 957. The third-order valence-corrected chi connectivity index (χ3v) is 4.61. The minimum absolute atomic E-state index is 0.260. The lowest BCUT2D eigenvalue weighted by Gasteiger charge is -2.13. The predicted octanol–water partition coefficient (Wildman–Crippen LogP) is 4.91. The van der Waals surface area contributed by atoms with Gasteiger partial charge >= 0.3 is 5.97 Å². The van der Waals surface area contributed by atoms with Crippen LogP contribution < -0.4 is 4.74 Å². The summed E-state index contributed by atoms with van der Waals surface area (Å²) in [6.45, 7) is 2.03. The monoisotopic (exact) mass is 417 g/mol. The highest BCUT2D eigenvalue weighted by atomic mass is 79.9. The zero-order valence-corrected chi connectivity index (χ0v) is 16.0. The van der Waals surface area contributed by atoms with Gasteiger partial charge in [-0.25, -0.2) is 9.18 Å². The molecule has 0 fully saturated rings. The Labute approximate surface area is 159 Å². The summed E-state index contributed by atoms with van der Waals surface area (Å²) in [5.41, 5.74) is 2.86. The molecule has 1 aromatic heterocycles. The SMILES string of the molecule is CCOC(=O)c1cc(Br)c2cc(Cc3ccc(F)cc3)cnc2c1OC. The van der Waals surface area contributed by atoms with Gasteiger partial charge < -0.3 is 9.47 Å². The van der Waals surface area contributed by atoms with Gasteiger partial charge in [-0.05, 0) is 48.7 Å². The van der Waals surface area contributed by atoms with Crippen molar-refractivity contribution in [2.75, 3.05) is 13.7 Å². The molecule has 0 amide bonds. The molecule has 0 saturated carbocycles. The van der Waals surface area contributed by atoms with E-state index in [1.165, 1.54) is 19.2 Å². The molecular weight excluding hydrogens is 401 g/mol. The van der Waals surface area contributed by atoms with Gasteiger partial charge in [-0.3, -0.25) is 4.98 Å². The number of halogens is 2. The molecule has 0 bridgehead atoms. The number of pyridine rings is 1. The summed E-state index contributed by atoms with van der Waals surface area (Å²) in [6.07, 6.45) is 2.35. The number of aromatic nitrogens is 1. The first-order valence-electron chi connectivity index (χ1n) is 8.10. The number of methoxy groups -OCH3 is 1. The Morgan fingerprint density at radius 3 is 2.58 bits per heavy atom. The summed E-state index contributed by atoms with van der Waals surface area (Å²) >= 11 is 3.51. The van der Waals surface area contributed by atoms with Crippen LogP contribution >= 0.6 is 15.9 Å². The van der Waals surface area contributed by atoms with E-state index in [4.69, 9.17) is 9.47 Å². The maximum Gasteiger partial charge on any atom is 0.342 e. The predicted molar refractivity (Wildman–Crippen MR) is 101 cm³/mol. The van der Waals surface area contributed by atoms with Gasteiger partial charge in [-0.2, -0.15) is 0 Å². The van der Waals surface area contributed by atoms with Crippen LogP contribution in [-0.4, -0.2) is 24.7 Å². The van der Waals surface area contributed by atoms with Crippen molar-refractivity contribution >= 4 is 32.8 Å². The van der Waals surface area contributed by atoms with Gasteiger partial charge in [0.1, 0.15) is 16.9 Å². The molecule has 0 aliphatic rings. The Hall–Kier alpha value is -2.47. The first kappa shape index (κ1) is 18.3. The fourth-order valence-corrected chi connectivity index (χ4v) is 3.30. The largest absolute Gasteiger partial charge is 0.494 e. The van der Waals surface area contributed by atoms with E-state index in [-0.39, 0.29) is 12.4 Å². The molecular formula is C20H17BrFNO3. The van der Waals surface area contributed by atoms with Crippen molar-refractivity contribution in [1.29, 1.82) is 0 Å². The van der Waals surface area contributed by atoms with Gasteiger partial charge in [0.15, 0.2) is 5.75 Å². The van der Waals surface area contributed by atoms with Crippen LogP contribution in [0.5, 0.6) is 5.75 Å². The molecule has 3 aromatic rings. The highest BCUT2D eigenvalue weighted by molar-refractivity contribution is 9.10. The lowest BCUT2D eigenvalue weighted by Crippen LogP contribution is -2.08. The number of hydrogen-bond acceptors (Lipinski definition) is 4. The van der Waals surface area contributed by atoms with E-state index in [1.807, 2.05) is 6.07 Å². The fourth-order valence-electron chi connectivity index (χ4n) is 2.77. The molecule has 0 aliphatic carbocycles. The maximum absolute atomic E-state index is 13.1. The smallest absolute Gasteiger partial charge is 0.342 e. The van der Waals surface area contributed by atoms with Crippen LogP contribution in [0.15, 0.2) is 47.1 Å². The molecule has 0 aliphatic heterocycles. The lowest BCUT2D eigenvalue weighted by molar-refractivity contribution is 0.0523. The van der Waals surface area contributed by atoms with E-state index in [2.05, 4.69) is 20.9 Å². The first-order chi connectivity index (χ1) is 12.5. The van der Waals surface area contributed by atoms with Crippen LogP contribution in [0, 0.1) is 5.82 Å². The molecule has 134 valence electrons. The Balaban J connectivity index is 2.04. The second-order valence-electron chi connectivity index (χ2n) is 5.70. The topological polar surface area (TPSA) is 48.4 Å². The molecule has 0 unspecified atom stereocenters. The van der Waals surface area contributed by atoms with E-state index < -0.39 is 5.97 Å². The minimum Gasteiger partial charge on any atom is -0.494 e. The van der Waals surface area contributed by atoms with Crippen molar-refractivity contribution in [3.05, 3.63) is 69.6 Å². The van der Waals surface area contributed by atoms with Crippen molar-refractivity contribution in [3.8, 4) is 5.75 Å². The number of nitrogens with zero attached hydrogens (tertiary/aromatic N) is 1. The maximum atomic E-state index is 13.1. The molecule has 0 saturated heterocycles. The zero-order valence-electron chi connectivity index (χ0n) is 14.4. The van der Waals surface area contributed by atoms with Gasteiger partial charge in [0, 0.05) is 16.1 Å². The van der Waals surface area contributed by atoms with Crippen LogP contribution in [0.4, 0.5) is 4.39 Å². The zero-order chi connectivity index (χ0) is 18.7. The Kier molecular flexibility index (Phi) is 5.52.